The van der Waals surface area contributed by atoms with E-state index in [2.05, 4.69) is 29.8 Å². The number of hydrogen-bond donors (Lipinski definition) is 0. The molecule has 1 aromatic carbocycles. The number of carbonyl (C=O) groups excluding carboxylic acids is 1. The van der Waals surface area contributed by atoms with E-state index in [1.165, 1.54) is 16.5 Å². The molecule has 0 aliphatic rings. The van der Waals surface area contributed by atoms with Crippen molar-refractivity contribution >= 4 is 16.7 Å². The predicted molar refractivity (Wildman–Crippen MR) is 62.0 cm³/mol. The third-order valence-corrected chi connectivity index (χ3v) is 2.71. The number of aryl methyl sites for hydroxylation is 2. The van der Waals surface area contributed by atoms with Crippen LogP contribution in [0.25, 0.3) is 10.9 Å². The molecule has 0 aliphatic carbocycles. The number of fused-ring (bicyclic) bond motifs is 1. The average molecular weight is 201 g/mol. The molecular formula is C13H15NO. The SMILES string of the molecule is CC(=O)Cc1ccc2c(C)cn(C)c2c1. The Hall–Kier alpha value is -1.57. The van der Waals surface area contributed by atoms with E-state index in [1.54, 1.807) is 6.92 Å². The first-order valence-electron chi connectivity index (χ1n) is 5.12. The molecule has 2 rings (SSSR count). The van der Waals surface area contributed by atoms with Gasteiger partial charge in [0.05, 0.1) is 0 Å². The van der Waals surface area contributed by atoms with Gasteiger partial charge in [0.25, 0.3) is 0 Å². The van der Waals surface area contributed by atoms with E-state index in [9.17, 15) is 4.79 Å². The number of hydrogen-bond acceptors (Lipinski definition) is 1. The maximum absolute atomic E-state index is 11.0. The first kappa shape index (κ1) is 9.97. The first-order valence-corrected chi connectivity index (χ1v) is 5.12. The molecule has 0 saturated carbocycles. The molecule has 1 heterocycles. The van der Waals surface area contributed by atoms with Crippen molar-refractivity contribution in [2.24, 2.45) is 7.05 Å². The van der Waals surface area contributed by atoms with Crippen molar-refractivity contribution in [3.8, 4) is 0 Å². The van der Waals surface area contributed by atoms with Crippen LogP contribution < -0.4 is 0 Å². The number of carbonyl (C=O) groups is 1. The van der Waals surface area contributed by atoms with E-state index in [4.69, 9.17) is 0 Å². The number of aromatic nitrogens is 1. The van der Waals surface area contributed by atoms with Crippen molar-refractivity contribution in [2.45, 2.75) is 20.3 Å². The zero-order chi connectivity index (χ0) is 11.0. The summed E-state index contributed by atoms with van der Waals surface area (Å²) in [4.78, 5) is 11.0. The molecule has 0 N–H and O–H groups in total. The number of rotatable bonds is 2. The summed E-state index contributed by atoms with van der Waals surface area (Å²) in [7, 11) is 2.03. The summed E-state index contributed by atoms with van der Waals surface area (Å²) in [6.07, 6.45) is 2.64. The highest BCUT2D eigenvalue weighted by Gasteiger charge is 2.04. The summed E-state index contributed by atoms with van der Waals surface area (Å²) in [6, 6.07) is 6.24. The standard InChI is InChI=1S/C13H15NO/c1-9-8-14(3)13-7-11(6-10(2)15)4-5-12(9)13/h4-5,7-8H,6H2,1-3H3. The summed E-state index contributed by atoms with van der Waals surface area (Å²) >= 11 is 0. The smallest absolute Gasteiger partial charge is 0.134 e. The molecule has 78 valence electrons. The van der Waals surface area contributed by atoms with E-state index in [-0.39, 0.29) is 5.78 Å². The number of ketones is 1. The molecule has 0 bridgehead atoms. The maximum Gasteiger partial charge on any atom is 0.134 e. The number of nitrogens with zero attached hydrogens (tertiary/aromatic N) is 1. The predicted octanol–water partition coefficient (Wildman–Crippen LogP) is 2.62. The van der Waals surface area contributed by atoms with Gasteiger partial charge in [0.1, 0.15) is 5.78 Å². The summed E-state index contributed by atoms with van der Waals surface area (Å²) in [6.45, 7) is 3.73. The van der Waals surface area contributed by atoms with Crippen molar-refractivity contribution in [1.29, 1.82) is 0 Å². The van der Waals surface area contributed by atoms with Crippen molar-refractivity contribution in [3.63, 3.8) is 0 Å². The molecule has 2 aromatic rings. The van der Waals surface area contributed by atoms with Crippen molar-refractivity contribution in [1.82, 2.24) is 4.57 Å². The summed E-state index contributed by atoms with van der Waals surface area (Å²) < 4.78 is 2.11. The molecule has 0 aliphatic heterocycles. The highest BCUT2D eigenvalue weighted by atomic mass is 16.1. The largest absolute Gasteiger partial charge is 0.350 e. The topological polar surface area (TPSA) is 22.0 Å². The lowest BCUT2D eigenvalue weighted by molar-refractivity contribution is -0.116. The van der Waals surface area contributed by atoms with Gasteiger partial charge in [-0.05, 0) is 31.0 Å². The lowest BCUT2D eigenvalue weighted by Gasteiger charge is -2.00. The summed E-state index contributed by atoms with van der Waals surface area (Å²) in [5.41, 5.74) is 3.57. The minimum absolute atomic E-state index is 0.209. The van der Waals surface area contributed by atoms with E-state index in [0.29, 0.717) is 6.42 Å². The minimum atomic E-state index is 0.209. The van der Waals surface area contributed by atoms with Gasteiger partial charge < -0.3 is 4.57 Å². The maximum atomic E-state index is 11.0. The second-order valence-electron chi connectivity index (χ2n) is 4.15. The van der Waals surface area contributed by atoms with Gasteiger partial charge in [-0.15, -0.1) is 0 Å². The summed E-state index contributed by atoms with van der Waals surface area (Å²) in [5, 5.41) is 1.27. The zero-order valence-corrected chi connectivity index (χ0v) is 9.37. The number of Topliss-reactive ketones (excluding diaryl/α,β-unsaturated/α-hetero) is 1. The van der Waals surface area contributed by atoms with E-state index in [0.717, 1.165) is 5.56 Å². The minimum Gasteiger partial charge on any atom is -0.350 e. The fourth-order valence-corrected chi connectivity index (χ4v) is 2.03. The third-order valence-electron chi connectivity index (χ3n) is 2.71. The van der Waals surface area contributed by atoms with Gasteiger partial charge in [0.2, 0.25) is 0 Å². The van der Waals surface area contributed by atoms with Crippen LogP contribution in [0.3, 0.4) is 0 Å². The molecule has 2 nitrogen and oxygen atoms in total. The summed E-state index contributed by atoms with van der Waals surface area (Å²) in [5.74, 6) is 0.209. The van der Waals surface area contributed by atoms with Crippen molar-refractivity contribution < 1.29 is 4.79 Å². The molecule has 0 saturated heterocycles. The highest BCUT2D eigenvalue weighted by molar-refractivity contribution is 5.86. The van der Waals surface area contributed by atoms with Gasteiger partial charge in [-0.25, -0.2) is 0 Å². The van der Waals surface area contributed by atoms with Crippen LogP contribution in [0.15, 0.2) is 24.4 Å². The Morgan fingerprint density at radius 2 is 2.13 bits per heavy atom. The van der Waals surface area contributed by atoms with Crippen LogP contribution in [-0.2, 0) is 18.3 Å². The molecule has 0 unspecified atom stereocenters. The number of benzene rings is 1. The van der Waals surface area contributed by atoms with Crippen LogP contribution in [0.2, 0.25) is 0 Å². The highest BCUT2D eigenvalue weighted by Crippen LogP contribution is 2.21. The van der Waals surface area contributed by atoms with Crippen LogP contribution in [0, 0.1) is 6.92 Å². The Kier molecular flexibility index (Phi) is 2.35. The second kappa shape index (κ2) is 3.54. The molecule has 15 heavy (non-hydrogen) atoms. The molecule has 0 fully saturated rings. The molecule has 0 radical (unpaired) electrons. The first-order chi connectivity index (χ1) is 7.08. The molecule has 0 atom stereocenters. The van der Waals surface area contributed by atoms with Crippen LogP contribution in [0.4, 0.5) is 0 Å². The van der Waals surface area contributed by atoms with Crippen LogP contribution in [0.5, 0.6) is 0 Å². The molecule has 0 spiro atoms. The Labute approximate surface area is 89.5 Å². The fraction of sp³-hybridized carbons (Fsp3) is 0.308. The van der Waals surface area contributed by atoms with Crippen molar-refractivity contribution in [2.75, 3.05) is 0 Å². The monoisotopic (exact) mass is 201 g/mol. The van der Waals surface area contributed by atoms with Crippen LogP contribution in [-0.4, -0.2) is 10.4 Å². The second-order valence-corrected chi connectivity index (χ2v) is 4.15. The normalized spacial score (nSPS) is 10.9. The molecule has 1 aromatic heterocycles. The van der Waals surface area contributed by atoms with Gasteiger partial charge >= 0.3 is 0 Å². The van der Waals surface area contributed by atoms with Gasteiger partial charge in [-0.1, -0.05) is 12.1 Å². The molecular weight excluding hydrogens is 186 g/mol. The Morgan fingerprint density at radius 3 is 2.80 bits per heavy atom. The molecule has 0 amide bonds. The average Bonchev–Trinajstić information content (AvgIpc) is 2.41. The van der Waals surface area contributed by atoms with Crippen molar-refractivity contribution in [3.05, 3.63) is 35.5 Å². The Bertz CT molecular complexity index is 523. The van der Waals surface area contributed by atoms with Gasteiger partial charge in [-0.2, -0.15) is 0 Å². The Balaban J connectivity index is 2.55. The fourth-order valence-electron chi connectivity index (χ4n) is 2.03. The van der Waals surface area contributed by atoms with Gasteiger partial charge in [0.15, 0.2) is 0 Å². The lowest BCUT2D eigenvalue weighted by Crippen LogP contribution is -1.96. The quantitative estimate of drug-likeness (QED) is 0.732. The third kappa shape index (κ3) is 1.80. The zero-order valence-electron chi connectivity index (χ0n) is 9.37. The lowest BCUT2D eigenvalue weighted by atomic mass is 10.1. The van der Waals surface area contributed by atoms with Crippen LogP contribution in [0.1, 0.15) is 18.1 Å². The Morgan fingerprint density at radius 1 is 1.40 bits per heavy atom. The van der Waals surface area contributed by atoms with Gasteiger partial charge in [0, 0.05) is 30.6 Å². The van der Waals surface area contributed by atoms with E-state index < -0.39 is 0 Å². The van der Waals surface area contributed by atoms with Gasteiger partial charge in [-0.3, -0.25) is 4.79 Å². The van der Waals surface area contributed by atoms with E-state index in [1.807, 2.05) is 13.1 Å². The molecule has 2 heteroatoms. The van der Waals surface area contributed by atoms with Crippen LogP contribution >= 0.6 is 0 Å². The van der Waals surface area contributed by atoms with E-state index >= 15 is 0 Å².